The molecular weight excluding hydrogens is 236 g/mol. The van der Waals surface area contributed by atoms with Gasteiger partial charge in [0, 0.05) is 5.75 Å². The van der Waals surface area contributed by atoms with Crippen LogP contribution in [-0.4, -0.2) is 26.8 Å². The van der Waals surface area contributed by atoms with Crippen molar-refractivity contribution in [1.29, 1.82) is 0 Å². The molecule has 17 heavy (non-hydrogen) atoms. The van der Waals surface area contributed by atoms with Crippen molar-refractivity contribution in [2.75, 3.05) is 5.75 Å². The van der Waals surface area contributed by atoms with E-state index in [0.29, 0.717) is 0 Å². The Kier molecular flexibility index (Phi) is 3.38. The topological polar surface area (TPSA) is 63.1 Å². The van der Waals surface area contributed by atoms with Gasteiger partial charge in [0.25, 0.3) is 0 Å². The van der Waals surface area contributed by atoms with Crippen molar-refractivity contribution >= 4 is 17.7 Å². The minimum Gasteiger partial charge on any atom is -0.481 e. The Morgan fingerprint density at radius 3 is 2.71 bits per heavy atom. The zero-order valence-electron chi connectivity index (χ0n) is 10.1. The van der Waals surface area contributed by atoms with E-state index in [9.17, 15) is 4.79 Å². The van der Waals surface area contributed by atoms with E-state index in [2.05, 4.69) is 9.97 Å². The summed E-state index contributed by atoms with van der Waals surface area (Å²) < 4.78 is 0. The molecular formula is C12H16N2O2S. The molecule has 1 saturated carbocycles. The summed E-state index contributed by atoms with van der Waals surface area (Å²) in [6, 6.07) is 0. The van der Waals surface area contributed by atoms with Crippen LogP contribution in [0.4, 0.5) is 0 Å². The number of aliphatic carboxylic acids is 1. The number of carboxylic acid groups (broad SMARTS) is 1. The van der Waals surface area contributed by atoms with Crippen molar-refractivity contribution in [2.24, 2.45) is 5.41 Å². The number of aromatic nitrogens is 2. The summed E-state index contributed by atoms with van der Waals surface area (Å²) in [6.45, 7) is 3.88. The third-order valence-electron chi connectivity index (χ3n) is 3.18. The lowest BCUT2D eigenvalue weighted by Crippen LogP contribution is -2.11. The SMILES string of the molecule is Cc1ncc(SCC2(CC(=O)O)CC2)nc1C. The molecule has 1 N–H and O–H groups in total. The highest BCUT2D eigenvalue weighted by Crippen LogP contribution is 2.51. The van der Waals surface area contributed by atoms with Crippen LogP contribution < -0.4 is 0 Å². The second kappa shape index (κ2) is 4.64. The largest absolute Gasteiger partial charge is 0.481 e. The summed E-state index contributed by atoms with van der Waals surface area (Å²) in [5.41, 5.74) is 1.90. The van der Waals surface area contributed by atoms with Crippen LogP contribution in [0.3, 0.4) is 0 Å². The van der Waals surface area contributed by atoms with Crippen LogP contribution in [0.25, 0.3) is 0 Å². The van der Waals surface area contributed by atoms with Gasteiger partial charge in [0.2, 0.25) is 0 Å². The first-order valence-electron chi connectivity index (χ1n) is 5.66. The molecule has 2 rings (SSSR count). The van der Waals surface area contributed by atoms with Gasteiger partial charge >= 0.3 is 5.97 Å². The smallest absolute Gasteiger partial charge is 0.303 e. The summed E-state index contributed by atoms with van der Waals surface area (Å²) in [5.74, 6) is 0.130. The second-order valence-corrected chi connectivity index (χ2v) is 5.73. The van der Waals surface area contributed by atoms with Gasteiger partial charge in [-0.2, -0.15) is 0 Å². The van der Waals surface area contributed by atoms with E-state index in [1.54, 1.807) is 18.0 Å². The maximum atomic E-state index is 10.7. The molecule has 0 aromatic carbocycles. The van der Waals surface area contributed by atoms with Crippen molar-refractivity contribution in [1.82, 2.24) is 9.97 Å². The Labute approximate surface area is 105 Å². The number of hydrogen-bond acceptors (Lipinski definition) is 4. The molecule has 0 spiro atoms. The number of carboxylic acids is 1. The monoisotopic (exact) mass is 252 g/mol. The maximum Gasteiger partial charge on any atom is 0.303 e. The van der Waals surface area contributed by atoms with Crippen molar-refractivity contribution in [3.63, 3.8) is 0 Å². The molecule has 1 aromatic heterocycles. The average Bonchev–Trinajstić information content (AvgIpc) is 2.99. The van der Waals surface area contributed by atoms with E-state index in [1.165, 1.54) is 0 Å². The molecule has 92 valence electrons. The van der Waals surface area contributed by atoms with Crippen LogP contribution in [0, 0.1) is 19.3 Å². The molecule has 0 bridgehead atoms. The predicted molar refractivity (Wildman–Crippen MR) is 66.1 cm³/mol. The van der Waals surface area contributed by atoms with Gasteiger partial charge in [0.1, 0.15) is 5.03 Å². The maximum absolute atomic E-state index is 10.7. The molecule has 0 atom stereocenters. The highest BCUT2D eigenvalue weighted by atomic mass is 32.2. The quantitative estimate of drug-likeness (QED) is 0.815. The summed E-state index contributed by atoms with van der Waals surface area (Å²) in [6.07, 6.45) is 4.08. The van der Waals surface area contributed by atoms with Crippen LogP contribution in [-0.2, 0) is 4.79 Å². The van der Waals surface area contributed by atoms with Crippen LogP contribution >= 0.6 is 11.8 Å². The van der Waals surface area contributed by atoms with Crippen LogP contribution in [0.15, 0.2) is 11.2 Å². The first kappa shape index (κ1) is 12.4. The van der Waals surface area contributed by atoms with Gasteiger partial charge in [-0.1, -0.05) is 0 Å². The number of nitrogens with zero attached hydrogens (tertiary/aromatic N) is 2. The number of aryl methyl sites for hydroxylation is 2. The molecule has 1 heterocycles. The lowest BCUT2D eigenvalue weighted by atomic mass is 10.1. The Morgan fingerprint density at radius 1 is 1.47 bits per heavy atom. The molecule has 1 aliphatic rings. The van der Waals surface area contributed by atoms with E-state index in [0.717, 1.165) is 35.0 Å². The Morgan fingerprint density at radius 2 is 2.18 bits per heavy atom. The fourth-order valence-corrected chi connectivity index (χ4v) is 2.86. The summed E-state index contributed by atoms with van der Waals surface area (Å²) in [4.78, 5) is 19.4. The molecule has 0 amide bonds. The number of carbonyl (C=O) groups is 1. The first-order chi connectivity index (χ1) is 8.01. The number of thioether (sulfide) groups is 1. The summed E-state index contributed by atoms with van der Waals surface area (Å²) >= 11 is 1.62. The fraction of sp³-hybridized carbons (Fsp3) is 0.583. The lowest BCUT2D eigenvalue weighted by molar-refractivity contribution is -0.138. The van der Waals surface area contributed by atoms with Crippen LogP contribution in [0.2, 0.25) is 0 Å². The highest BCUT2D eigenvalue weighted by Gasteiger charge is 2.44. The molecule has 5 heteroatoms. The van der Waals surface area contributed by atoms with E-state index >= 15 is 0 Å². The van der Waals surface area contributed by atoms with E-state index in [4.69, 9.17) is 5.11 Å². The third-order valence-corrected chi connectivity index (χ3v) is 4.43. The standard InChI is InChI=1S/C12H16N2O2S/c1-8-9(2)14-10(6-13-8)17-7-12(3-4-12)5-11(15)16/h6H,3-5,7H2,1-2H3,(H,15,16). The lowest BCUT2D eigenvalue weighted by Gasteiger charge is -2.11. The molecule has 0 radical (unpaired) electrons. The molecule has 0 saturated heterocycles. The van der Waals surface area contributed by atoms with Crippen molar-refractivity contribution in [3.8, 4) is 0 Å². The van der Waals surface area contributed by atoms with E-state index in [1.807, 2.05) is 13.8 Å². The Balaban J connectivity index is 1.94. The zero-order chi connectivity index (χ0) is 12.5. The average molecular weight is 252 g/mol. The van der Waals surface area contributed by atoms with Gasteiger partial charge in [0.05, 0.1) is 24.0 Å². The molecule has 0 unspecified atom stereocenters. The normalized spacial score (nSPS) is 16.8. The van der Waals surface area contributed by atoms with Crippen molar-refractivity contribution in [2.45, 2.75) is 38.1 Å². The zero-order valence-corrected chi connectivity index (χ0v) is 10.9. The summed E-state index contributed by atoms with van der Waals surface area (Å²) in [5, 5.41) is 9.72. The molecule has 4 nitrogen and oxygen atoms in total. The Hall–Kier alpha value is -1.10. The van der Waals surface area contributed by atoms with Gasteiger partial charge in [-0.3, -0.25) is 9.78 Å². The van der Waals surface area contributed by atoms with Gasteiger partial charge < -0.3 is 5.11 Å². The van der Waals surface area contributed by atoms with Crippen molar-refractivity contribution in [3.05, 3.63) is 17.6 Å². The highest BCUT2D eigenvalue weighted by molar-refractivity contribution is 7.99. The number of hydrogen-bond donors (Lipinski definition) is 1. The van der Waals surface area contributed by atoms with Crippen LogP contribution in [0.5, 0.6) is 0 Å². The van der Waals surface area contributed by atoms with E-state index in [-0.39, 0.29) is 11.8 Å². The molecule has 1 aromatic rings. The molecule has 1 aliphatic carbocycles. The van der Waals surface area contributed by atoms with Gasteiger partial charge in [-0.05, 0) is 32.1 Å². The van der Waals surface area contributed by atoms with Gasteiger partial charge in [-0.15, -0.1) is 11.8 Å². The third kappa shape index (κ3) is 3.19. The second-order valence-electron chi connectivity index (χ2n) is 4.74. The predicted octanol–water partition coefficient (Wildman–Crippen LogP) is 2.44. The van der Waals surface area contributed by atoms with Gasteiger partial charge in [0.15, 0.2) is 0 Å². The van der Waals surface area contributed by atoms with Crippen molar-refractivity contribution < 1.29 is 9.90 Å². The molecule has 0 aliphatic heterocycles. The number of rotatable bonds is 5. The van der Waals surface area contributed by atoms with Crippen LogP contribution in [0.1, 0.15) is 30.7 Å². The minimum atomic E-state index is -0.700. The van der Waals surface area contributed by atoms with Gasteiger partial charge in [-0.25, -0.2) is 4.98 Å². The Bertz CT molecular complexity index is 444. The summed E-state index contributed by atoms with van der Waals surface area (Å²) in [7, 11) is 0. The first-order valence-corrected chi connectivity index (χ1v) is 6.64. The molecule has 1 fully saturated rings. The minimum absolute atomic E-state index is 0.0109. The van der Waals surface area contributed by atoms with E-state index < -0.39 is 5.97 Å². The fourth-order valence-electron chi connectivity index (χ4n) is 1.69.